The van der Waals surface area contributed by atoms with Crippen LogP contribution in [0.3, 0.4) is 0 Å². The number of carboxylic acid groups (broad SMARTS) is 1. The third-order valence-corrected chi connectivity index (χ3v) is 4.23. The summed E-state index contributed by atoms with van der Waals surface area (Å²) in [5.41, 5.74) is 0.410. The average molecular weight is 379 g/mol. The van der Waals surface area contributed by atoms with Gasteiger partial charge < -0.3 is 24.2 Å². The Hall–Kier alpha value is -2.28. The van der Waals surface area contributed by atoms with E-state index in [2.05, 4.69) is 6.92 Å². The molecule has 1 unspecified atom stereocenters. The number of benzene rings is 1. The molecular formula is C20H29NO6. The van der Waals surface area contributed by atoms with Crippen LogP contribution in [0.2, 0.25) is 0 Å². The van der Waals surface area contributed by atoms with Crippen LogP contribution in [0.5, 0.6) is 11.5 Å². The van der Waals surface area contributed by atoms with Gasteiger partial charge in [0.15, 0.2) is 6.10 Å². The number of hydrogen-bond acceptors (Lipinski definition) is 5. The lowest BCUT2D eigenvalue weighted by Crippen LogP contribution is -2.51. The van der Waals surface area contributed by atoms with Gasteiger partial charge in [-0.05, 0) is 31.9 Å². The van der Waals surface area contributed by atoms with E-state index in [1.807, 2.05) is 6.92 Å². The fourth-order valence-corrected chi connectivity index (χ4v) is 2.86. The maximum Gasteiger partial charge on any atom is 0.334 e. The molecule has 0 aromatic heterocycles. The van der Waals surface area contributed by atoms with Crippen molar-refractivity contribution in [2.75, 3.05) is 26.3 Å². The number of nitrogens with zero attached hydrogens (tertiary/aromatic N) is 1. The van der Waals surface area contributed by atoms with Crippen LogP contribution in [-0.2, 0) is 9.53 Å². The van der Waals surface area contributed by atoms with Gasteiger partial charge in [-0.3, -0.25) is 4.79 Å². The first-order valence-corrected chi connectivity index (χ1v) is 9.53. The highest BCUT2D eigenvalue weighted by Gasteiger charge is 2.34. The minimum atomic E-state index is -1.07. The Morgan fingerprint density at radius 2 is 1.96 bits per heavy atom. The van der Waals surface area contributed by atoms with Gasteiger partial charge >= 0.3 is 5.97 Å². The average Bonchev–Trinajstić information content (AvgIpc) is 2.65. The van der Waals surface area contributed by atoms with E-state index in [0.717, 1.165) is 19.3 Å². The SMILES string of the molecule is CCCCOc1cc(OCCC)ccc1C(=O)N1CC(C(=O)O)O[C@H](C)C1. The largest absolute Gasteiger partial charge is 0.493 e. The number of amides is 1. The second-order valence-electron chi connectivity index (χ2n) is 6.69. The highest BCUT2D eigenvalue weighted by molar-refractivity contribution is 5.97. The molecule has 1 amide bonds. The van der Waals surface area contributed by atoms with Crippen LogP contribution >= 0.6 is 0 Å². The molecule has 2 rings (SSSR count). The van der Waals surface area contributed by atoms with Crippen LogP contribution in [0.15, 0.2) is 18.2 Å². The van der Waals surface area contributed by atoms with Crippen molar-refractivity contribution in [2.24, 2.45) is 0 Å². The maximum absolute atomic E-state index is 13.0. The van der Waals surface area contributed by atoms with Gasteiger partial charge in [0.1, 0.15) is 11.5 Å². The summed E-state index contributed by atoms with van der Waals surface area (Å²) in [6.07, 6.45) is 1.38. The summed E-state index contributed by atoms with van der Waals surface area (Å²) in [5.74, 6) is -0.209. The Morgan fingerprint density at radius 3 is 2.63 bits per heavy atom. The molecule has 1 saturated heterocycles. The van der Waals surface area contributed by atoms with E-state index in [1.54, 1.807) is 25.1 Å². The van der Waals surface area contributed by atoms with Gasteiger partial charge in [0.2, 0.25) is 0 Å². The lowest BCUT2D eigenvalue weighted by molar-refractivity contribution is -0.160. The monoisotopic (exact) mass is 379 g/mol. The van der Waals surface area contributed by atoms with Crippen molar-refractivity contribution in [3.8, 4) is 11.5 Å². The minimum absolute atomic E-state index is 0.0149. The van der Waals surface area contributed by atoms with Gasteiger partial charge in [-0.15, -0.1) is 0 Å². The van der Waals surface area contributed by atoms with Crippen molar-refractivity contribution >= 4 is 11.9 Å². The van der Waals surface area contributed by atoms with Crippen molar-refractivity contribution in [3.63, 3.8) is 0 Å². The van der Waals surface area contributed by atoms with Crippen LogP contribution in [0.1, 0.15) is 50.4 Å². The third-order valence-electron chi connectivity index (χ3n) is 4.23. The highest BCUT2D eigenvalue weighted by Crippen LogP contribution is 2.28. The predicted octanol–water partition coefficient (Wildman–Crippen LogP) is 2.97. The smallest absolute Gasteiger partial charge is 0.334 e. The second kappa shape index (κ2) is 10.2. The fourth-order valence-electron chi connectivity index (χ4n) is 2.86. The molecule has 0 saturated carbocycles. The van der Waals surface area contributed by atoms with E-state index in [1.165, 1.54) is 4.90 Å². The Balaban J connectivity index is 2.22. The van der Waals surface area contributed by atoms with E-state index < -0.39 is 12.1 Å². The molecule has 7 nitrogen and oxygen atoms in total. The van der Waals surface area contributed by atoms with E-state index in [4.69, 9.17) is 14.2 Å². The second-order valence-corrected chi connectivity index (χ2v) is 6.69. The molecule has 7 heteroatoms. The Morgan fingerprint density at radius 1 is 1.19 bits per heavy atom. The Kier molecular flexibility index (Phi) is 7.91. The van der Waals surface area contributed by atoms with Gasteiger partial charge in [0.25, 0.3) is 5.91 Å². The number of ether oxygens (including phenoxy) is 3. The topological polar surface area (TPSA) is 85.3 Å². The van der Waals surface area contributed by atoms with E-state index in [0.29, 0.717) is 36.8 Å². The van der Waals surface area contributed by atoms with Gasteiger partial charge in [-0.2, -0.15) is 0 Å². The van der Waals surface area contributed by atoms with Crippen LogP contribution < -0.4 is 9.47 Å². The number of morpholine rings is 1. The van der Waals surface area contributed by atoms with Gasteiger partial charge in [0.05, 0.1) is 31.4 Å². The molecule has 150 valence electrons. The summed E-state index contributed by atoms with van der Waals surface area (Å²) in [7, 11) is 0. The molecule has 2 atom stereocenters. The van der Waals surface area contributed by atoms with Crippen LogP contribution in [0.25, 0.3) is 0 Å². The number of unbranched alkanes of at least 4 members (excludes halogenated alkanes) is 1. The third kappa shape index (κ3) is 5.85. The van der Waals surface area contributed by atoms with Crippen molar-refractivity contribution in [1.29, 1.82) is 0 Å². The van der Waals surface area contributed by atoms with Crippen LogP contribution in [-0.4, -0.2) is 60.4 Å². The molecule has 1 N–H and O–H groups in total. The number of rotatable bonds is 9. The van der Waals surface area contributed by atoms with E-state index in [-0.39, 0.29) is 18.6 Å². The molecule has 1 aromatic rings. The first kappa shape index (κ1) is 21.0. The predicted molar refractivity (Wildman–Crippen MR) is 101 cm³/mol. The zero-order valence-corrected chi connectivity index (χ0v) is 16.3. The van der Waals surface area contributed by atoms with Crippen molar-refractivity contribution < 1.29 is 28.9 Å². The van der Waals surface area contributed by atoms with E-state index >= 15 is 0 Å². The number of aliphatic carboxylic acids is 1. The molecule has 1 aliphatic rings. The minimum Gasteiger partial charge on any atom is -0.493 e. The fraction of sp³-hybridized carbons (Fsp3) is 0.600. The maximum atomic E-state index is 13.0. The number of carbonyl (C=O) groups is 2. The lowest BCUT2D eigenvalue weighted by Gasteiger charge is -2.35. The standard InChI is InChI=1S/C20H29NO6/c1-4-6-10-26-17-11-15(25-9-5-2)7-8-16(17)19(22)21-12-14(3)27-18(13-21)20(23)24/h7-8,11,14,18H,4-6,9-10,12-13H2,1-3H3,(H,23,24)/t14-,18?/m1/s1. The molecule has 27 heavy (non-hydrogen) atoms. The van der Waals surface area contributed by atoms with Crippen LogP contribution in [0.4, 0.5) is 0 Å². The molecule has 1 fully saturated rings. The molecule has 1 aromatic carbocycles. The Labute approximate surface area is 160 Å². The van der Waals surface area contributed by atoms with Crippen molar-refractivity contribution in [1.82, 2.24) is 4.90 Å². The number of carbonyl (C=O) groups excluding carboxylic acids is 1. The number of carboxylic acids is 1. The van der Waals surface area contributed by atoms with Crippen LogP contribution in [0, 0.1) is 0 Å². The molecule has 0 bridgehead atoms. The summed E-state index contributed by atoms with van der Waals surface area (Å²) in [6, 6.07) is 5.16. The van der Waals surface area contributed by atoms with Crippen molar-refractivity contribution in [2.45, 2.75) is 52.2 Å². The van der Waals surface area contributed by atoms with Gasteiger partial charge in [-0.25, -0.2) is 4.79 Å². The lowest BCUT2D eigenvalue weighted by atomic mass is 10.1. The molecule has 1 heterocycles. The first-order chi connectivity index (χ1) is 13.0. The summed E-state index contributed by atoms with van der Waals surface area (Å²) >= 11 is 0. The summed E-state index contributed by atoms with van der Waals surface area (Å²) < 4.78 is 16.9. The summed E-state index contributed by atoms with van der Waals surface area (Å²) in [6.45, 7) is 7.29. The highest BCUT2D eigenvalue weighted by atomic mass is 16.5. The molecule has 0 radical (unpaired) electrons. The zero-order valence-electron chi connectivity index (χ0n) is 16.3. The number of hydrogen-bond donors (Lipinski definition) is 1. The molecule has 1 aliphatic heterocycles. The summed E-state index contributed by atoms with van der Waals surface area (Å²) in [5, 5.41) is 9.24. The molecular weight excluding hydrogens is 350 g/mol. The Bertz CT molecular complexity index is 647. The molecule has 0 aliphatic carbocycles. The first-order valence-electron chi connectivity index (χ1n) is 9.53. The summed E-state index contributed by atoms with van der Waals surface area (Å²) in [4.78, 5) is 25.9. The van der Waals surface area contributed by atoms with Gasteiger partial charge in [0, 0.05) is 12.6 Å². The molecule has 0 spiro atoms. The normalized spacial score (nSPS) is 19.6. The van der Waals surface area contributed by atoms with Crippen molar-refractivity contribution in [3.05, 3.63) is 23.8 Å². The zero-order chi connectivity index (χ0) is 19.8. The quantitative estimate of drug-likeness (QED) is 0.664. The van der Waals surface area contributed by atoms with Gasteiger partial charge in [-0.1, -0.05) is 20.3 Å². The van der Waals surface area contributed by atoms with E-state index in [9.17, 15) is 14.7 Å².